The van der Waals surface area contributed by atoms with Gasteiger partial charge in [-0.2, -0.15) is 0 Å². The van der Waals surface area contributed by atoms with Gasteiger partial charge >= 0.3 is 0 Å². The van der Waals surface area contributed by atoms with Crippen molar-refractivity contribution in [2.45, 2.75) is 40.0 Å². The van der Waals surface area contributed by atoms with E-state index in [-0.39, 0.29) is 10.8 Å². The van der Waals surface area contributed by atoms with Gasteiger partial charge in [0.25, 0.3) is 0 Å². The van der Waals surface area contributed by atoms with E-state index in [1.807, 2.05) is 6.07 Å². The molecule has 0 aromatic heterocycles. The highest BCUT2D eigenvalue weighted by Gasteiger charge is 2.28. The first-order valence-electron chi connectivity index (χ1n) is 7.64. The molecule has 1 atom stereocenters. The van der Waals surface area contributed by atoms with E-state index >= 15 is 0 Å². The summed E-state index contributed by atoms with van der Waals surface area (Å²) in [5, 5.41) is 0. The van der Waals surface area contributed by atoms with Crippen molar-refractivity contribution in [2.24, 2.45) is 17.1 Å². The summed E-state index contributed by atoms with van der Waals surface area (Å²) in [6.07, 6.45) is 3.46. The topological polar surface area (TPSA) is 29.3 Å². The van der Waals surface area contributed by atoms with E-state index < -0.39 is 0 Å². The molecule has 1 heterocycles. The summed E-state index contributed by atoms with van der Waals surface area (Å²) in [5.74, 6) is 0.376. The second kappa shape index (κ2) is 6.30. The van der Waals surface area contributed by atoms with Crippen LogP contribution in [0.1, 0.15) is 45.6 Å². The molecule has 0 amide bonds. The second-order valence-electron chi connectivity index (χ2n) is 6.98. The fraction of sp³-hybridized carbons (Fsp3) is 0.588. The minimum absolute atomic E-state index is 0.139. The molecule has 0 bridgehead atoms. The highest BCUT2D eigenvalue weighted by atomic mass is 32.1. The molecule has 0 spiro atoms. The summed E-state index contributed by atoms with van der Waals surface area (Å²) in [4.78, 5) is 2.38. The molecule has 2 N–H and O–H groups in total. The van der Waals surface area contributed by atoms with Crippen LogP contribution in [0.25, 0.3) is 0 Å². The Morgan fingerprint density at radius 1 is 1.29 bits per heavy atom. The molecule has 2 nitrogen and oxygen atoms in total. The fourth-order valence-corrected chi connectivity index (χ4v) is 3.43. The molecule has 0 saturated carbocycles. The summed E-state index contributed by atoms with van der Waals surface area (Å²) < 4.78 is 14.0. The summed E-state index contributed by atoms with van der Waals surface area (Å²) >= 11 is 5.03. The Balaban J connectivity index is 2.24. The van der Waals surface area contributed by atoms with Crippen molar-refractivity contribution in [3.8, 4) is 0 Å². The Morgan fingerprint density at radius 2 is 2.00 bits per heavy atom. The Bertz CT molecular complexity index is 522. The first kappa shape index (κ1) is 16.2. The summed E-state index contributed by atoms with van der Waals surface area (Å²) in [7, 11) is 0. The standard InChI is InChI=1S/C17H25FN2S/c1-17(2,3)12-6-5-10-20(11-9-12)14-8-4-7-13(18)15(14)16(19)21/h4,7-8,12H,5-6,9-11H2,1-3H3,(H2,19,21). The van der Waals surface area contributed by atoms with Crippen LogP contribution in [0.3, 0.4) is 0 Å². The van der Waals surface area contributed by atoms with Crippen molar-refractivity contribution in [3.63, 3.8) is 0 Å². The Labute approximate surface area is 132 Å². The van der Waals surface area contributed by atoms with Crippen LogP contribution in [0.4, 0.5) is 10.1 Å². The average molecular weight is 308 g/mol. The van der Waals surface area contributed by atoms with Crippen LogP contribution in [0.2, 0.25) is 0 Å². The van der Waals surface area contributed by atoms with Crippen molar-refractivity contribution < 1.29 is 4.39 Å². The van der Waals surface area contributed by atoms with Crippen LogP contribution in [-0.2, 0) is 0 Å². The van der Waals surface area contributed by atoms with Crippen LogP contribution in [-0.4, -0.2) is 18.1 Å². The Kier molecular flexibility index (Phi) is 4.87. The molecule has 2 rings (SSSR count). The molecule has 1 saturated heterocycles. The lowest BCUT2D eigenvalue weighted by Crippen LogP contribution is -2.28. The van der Waals surface area contributed by atoms with Gasteiger partial charge in [0.1, 0.15) is 10.8 Å². The number of hydrogen-bond acceptors (Lipinski definition) is 2. The average Bonchev–Trinajstić information content (AvgIpc) is 2.63. The van der Waals surface area contributed by atoms with Gasteiger partial charge in [-0.25, -0.2) is 4.39 Å². The molecular weight excluding hydrogens is 283 g/mol. The van der Waals surface area contributed by atoms with Crippen LogP contribution in [0.5, 0.6) is 0 Å². The molecular formula is C17H25FN2S. The lowest BCUT2D eigenvalue weighted by atomic mass is 9.77. The third-order valence-electron chi connectivity index (χ3n) is 4.53. The van der Waals surface area contributed by atoms with Gasteiger partial charge in [0.2, 0.25) is 0 Å². The van der Waals surface area contributed by atoms with Crippen molar-refractivity contribution >= 4 is 22.9 Å². The quantitative estimate of drug-likeness (QED) is 0.834. The monoisotopic (exact) mass is 308 g/mol. The van der Waals surface area contributed by atoms with Gasteiger partial charge in [-0.05, 0) is 42.7 Å². The molecule has 116 valence electrons. The molecule has 1 aromatic rings. The predicted molar refractivity (Wildman–Crippen MR) is 91.3 cm³/mol. The molecule has 1 aromatic carbocycles. The molecule has 1 fully saturated rings. The number of benzene rings is 1. The minimum atomic E-state index is -0.323. The molecule has 1 unspecified atom stereocenters. The van der Waals surface area contributed by atoms with E-state index in [2.05, 4.69) is 25.7 Å². The van der Waals surface area contributed by atoms with Gasteiger partial charge in [-0.15, -0.1) is 0 Å². The smallest absolute Gasteiger partial charge is 0.135 e. The number of rotatable bonds is 2. The fourth-order valence-electron chi connectivity index (χ4n) is 3.22. The van der Waals surface area contributed by atoms with Gasteiger partial charge in [0, 0.05) is 18.8 Å². The maximum absolute atomic E-state index is 14.0. The summed E-state index contributed by atoms with van der Waals surface area (Å²) in [6.45, 7) is 8.77. The lowest BCUT2D eigenvalue weighted by molar-refractivity contribution is 0.220. The number of thiocarbonyl (C=S) groups is 1. The van der Waals surface area contributed by atoms with Crippen molar-refractivity contribution in [2.75, 3.05) is 18.0 Å². The van der Waals surface area contributed by atoms with Gasteiger partial charge in [0.15, 0.2) is 0 Å². The number of nitrogens with two attached hydrogens (primary N) is 1. The number of nitrogens with zero attached hydrogens (tertiary/aromatic N) is 1. The third kappa shape index (κ3) is 3.73. The van der Waals surface area contributed by atoms with Crippen molar-refractivity contribution in [1.29, 1.82) is 0 Å². The van der Waals surface area contributed by atoms with Crippen molar-refractivity contribution in [1.82, 2.24) is 0 Å². The van der Waals surface area contributed by atoms with Crippen LogP contribution >= 0.6 is 12.2 Å². The molecule has 4 heteroatoms. The predicted octanol–water partition coefficient (Wildman–Crippen LogP) is 4.11. The van der Waals surface area contributed by atoms with Gasteiger partial charge in [0.05, 0.1) is 5.56 Å². The van der Waals surface area contributed by atoms with Gasteiger partial charge < -0.3 is 10.6 Å². The molecule has 0 radical (unpaired) electrons. The largest absolute Gasteiger partial charge is 0.389 e. The van der Waals surface area contributed by atoms with E-state index in [4.69, 9.17) is 18.0 Å². The summed E-state index contributed by atoms with van der Waals surface area (Å²) in [5.41, 5.74) is 7.28. The zero-order chi connectivity index (χ0) is 15.6. The second-order valence-corrected chi connectivity index (χ2v) is 7.42. The van der Waals surface area contributed by atoms with Crippen LogP contribution < -0.4 is 10.6 Å². The van der Waals surface area contributed by atoms with E-state index in [0.29, 0.717) is 16.9 Å². The number of halogens is 1. The molecule has 1 aliphatic rings. The maximum Gasteiger partial charge on any atom is 0.135 e. The first-order valence-corrected chi connectivity index (χ1v) is 8.05. The van der Waals surface area contributed by atoms with Crippen LogP contribution in [0.15, 0.2) is 18.2 Å². The normalized spacial score (nSPS) is 20.2. The van der Waals surface area contributed by atoms with E-state index in [9.17, 15) is 4.39 Å². The summed E-state index contributed by atoms with van der Waals surface area (Å²) in [6, 6.07) is 5.08. The highest BCUT2D eigenvalue weighted by Crippen LogP contribution is 2.36. The Morgan fingerprint density at radius 3 is 2.62 bits per heavy atom. The zero-order valence-corrected chi connectivity index (χ0v) is 14.0. The Hall–Kier alpha value is -1.16. The van der Waals surface area contributed by atoms with Gasteiger partial charge in [-0.3, -0.25) is 0 Å². The molecule has 1 aliphatic heterocycles. The first-order chi connectivity index (χ1) is 9.80. The van der Waals surface area contributed by atoms with Crippen molar-refractivity contribution in [3.05, 3.63) is 29.6 Å². The van der Waals surface area contributed by atoms with Gasteiger partial charge in [-0.1, -0.05) is 39.1 Å². The third-order valence-corrected chi connectivity index (χ3v) is 4.74. The van der Waals surface area contributed by atoms with E-state index in [1.54, 1.807) is 6.07 Å². The maximum atomic E-state index is 14.0. The van der Waals surface area contributed by atoms with E-state index in [0.717, 1.165) is 31.6 Å². The van der Waals surface area contributed by atoms with Crippen LogP contribution in [0, 0.1) is 17.2 Å². The van der Waals surface area contributed by atoms with E-state index in [1.165, 1.54) is 12.5 Å². The highest BCUT2D eigenvalue weighted by molar-refractivity contribution is 7.80. The minimum Gasteiger partial charge on any atom is -0.389 e. The number of anilines is 1. The number of hydrogen-bond donors (Lipinski definition) is 1. The zero-order valence-electron chi connectivity index (χ0n) is 13.2. The SMILES string of the molecule is CC(C)(C)C1CCCN(c2cccc(F)c2C(N)=S)CC1. The lowest BCUT2D eigenvalue weighted by Gasteiger charge is -2.30. The molecule has 21 heavy (non-hydrogen) atoms. The molecule has 0 aliphatic carbocycles.